The third-order valence-electron chi connectivity index (χ3n) is 2.57. The van der Waals surface area contributed by atoms with E-state index in [4.69, 9.17) is 5.21 Å². The molecule has 0 saturated carbocycles. The van der Waals surface area contributed by atoms with E-state index in [1.165, 1.54) is 0 Å². The highest BCUT2D eigenvalue weighted by atomic mass is 16.8. The molecule has 0 aliphatic carbocycles. The Labute approximate surface area is 98.1 Å². The first kappa shape index (κ1) is 11.4. The van der Waals surface area contributed by atoms with Gasteiger partial charge in [0.25, 0.3) is 0 Å². The zero-order valence-electron chi connectivity index (χ0n) is 9.18. The summed E-state index contributed by atoms with van der Waals surface area (Å²) in [6.07, 6.45) is 0. The minimum absolute atomic E-state index is 0.0794. The molecule has 1 atom stereocenters. The van der Waals surface area contributed by atoms with Gasteiger partial charge in [-0.1, -0.05) is 30.3 Å². The van der Waals surface area contributed by atoms with Crippen molar-refractivity contribution in [2.45, 2.75) is 13.0 Å². The predicted molar refractivity (Wildman–Crippen MR) is 60.5 cm³/mol. The van der Waals surface area contributed by atoms with Crippen LogP contribution in [0.25, 0.3) is 0 Å². The molecule has 3 N–H and O–H groups in total. The molecular formula is C11H12N3O3-. The van der Waals surface area contributed by atoms with Gasteiger partial charge in [0, 0.05) is 5.70 Å². The Morgan fingerprint density at radius 3 is 2.59 bits per heavy atom. The minimum atomic E-state index is -0.646. The molecule has 1 heterocycles. The molecule has 1 aliphatic heterocycles. The molecular weight excluding hydrogens is 222 g/mol. The van der Waals surface area contributed by atoms with Crippen LogP contribution in [0, 0.1) is 5.21 Å². The van der Waals surface area contributed by atoms with Crippen molar-refractivity contribution in [1.82, 2.24) is 15.9 Å². The summed E-state index contributed by atoms with van der Waals surface area (Å²) in [4.78, 5) is 11.4. The Balaban J connectivity index is 2.44. The van der Waals surface area contributed by atoms with E-state index >= 15 is 0 Å². The fourth-order valence-electron chi connectivity index (χ4n) is 1.83. The molecule has 2 rings (SSSR count). The van der Waals surface area contributed by atoms with Crippen LogP contribution in [-0.2, 0) is 0 Å². The van der Waals surface area contributed by atoms with Crippen LogP contribution in [0.4, 0.5) is 4.79 Å². The van der Waals surface area contributed by atoms with E-state index in [1.54, 1.807) is 31.2 Å². The summed E-state index contributed by atoms with van der Waals surface area (Å²) in [5.41, 5.74) is 1.14. The summed E-state index contributed by atoms with van der Waals surface area (Å²) in [6.45, 7) is 1.56. The number of carbonyl (C=O) groups excluding carboxylic acids is 1. The van der Waals surface area contributed by atoms with Gasteiger partial charge >= 0.3 is 6.03 Å². The van der Waals surface area contributed by atoms with E-state index in [-0.39, 0.29) is 10.9 Å². The van der Waals surface area contributed by atoms with Crippen molar-refractivity contribution in [1.29, 1.82) is 0 Å². The topological polar surface area (TPSA) is 87.7 Å². The van der Waals surface area contributed by atoms with E-state index in [1.807, 2.05) is 6.07 Å². The number of hydroxylamine groups is 2. The van der Waals surface area contributed by atoms with Crippen LogP contribution in [0.1, 0.15) is 18.5 Å². The maximum Gasteiger partial charge on any atom is 0.319 e. The molecule has 6 nitrogen and oxygen atoms in total. The van der Waals surface area contributed by atoms with Gasteiger partial charge in [0.2, 0.25) is 0 Å². The van der Waals surface area contributed by atoms with E-state index in [0.717, 1.165) is 5.56 Å². The number of nitrogens with zero attached hydrogens (tertiary/aromatic N) is 1. The largest absolute Gasteiger partial charge is 0.734 e. The SMILES string of the molecule is CC1=C(N([O-])O)[C@H](c2ccccc2)NC(=O)N1. The molecule has 2 amide bonds. The Morgan fingerprint density at radius 2 is 2.00 bits per heavy atom. The van der Waals surface area contributed by atoms with E-state index in [9.17, 15) is 10.0 Å². The van der Waals surface area contributed by atoms with Gasteiger partial charge in [-0.3, -0.25) is 5.21 Å². The highest BCUT2D eigenvalue weighted by Crippen LogP contribution is 2.27. The average Bonchev–Trinajstić information content (AvgIpc) is 2.28. The molecule has 1 aromatic carbocycles. The van der Waals surface area contributed by atoms with Crippen molar-refractivity contribution in [3.63, 3.8) is 0 Å². The summed E-state index contributed by atoms with van der Waals surface area (Å²) in [5.74, 6) is 0. The third kappa shape index (κ3) is 2.22. The first-order valence-corrected chi connectivity index (χ1v) is 5.09. The number of rotatable bonds is 2. The first-order chi connectivity index (χ1) is 8.09. The number of hydrogen-bond donors (Lipinski definition) is 3. The number of benzene rings is 1. The minimum Gasteiger partial charge on any atom is -0.734 e. The molecule has 0 fully saturated rings. The average molecular weight is 234 g/mol. The van der Waals surface area contributed by atoms with Gasteiger partial charge in [-0.15, -0.1) is 0 Å². The Hall–Kier alpha value is -2.05. The van der Waals surface area contributed by atoms with Crippen LogP contribution in [-0.4, -0.2) is 16.5 Å². The second kappa shape index (κ2) is 4.44. The van der Waals surface area contributed by atoms with Gasteiger partial charge in [-0.2, -0.15) is 0 Å². The van der Waals surface area contributed by atoms with Crippen LogP contribution in [0.15, 0.2) is 41.7 Å². The third-order valence-corrected chi connectivity index (χ3v) is 2.57. The molecule has 0 bridgehead atoms. The van der Waals surface area contributed by atoms with Crippen LogP contribution < -0.4 is 10.6 Å². The highest BCUT2D eigenvalue weighted by Gasteiger charge is 2.26. The number of nitrogens with one attached hydrogen (secondary N) is 2. The van der Waals surface area contributed by atoms with Crippen LogP contribution in [0.3, 0.4) is 0 Å². The molecule has 1 aliphatic rings. The maximum atomic E-state index is 11.4. The fraction of sp³-hybridized carbons (Fsp3) is 0.182. The van der Waals surface area contributed by atoms with Crippen molar-refractivity contribution in [2.24, 2.45) is 0 Å². The van der Waals surface area contributed by atoms with Gasteiger partial charge < -0.3 is 21.1 Å². The quantitative estimate of drug-likeness (QED) is 0.676. The molecule has 0 radical (unpaired) electrons. The predicted octanol–water partition coefficient (Wildman–Crippen LogP) is 1.46. The molecule has 0 saturated heterocycles. The second-order valence-electron chi connectivity index (χ2n) is 3.73. The monoisotopic (exact) mass is 234 g/mol. The number of carbonyl (C=O) groups is 1. The van der Waals surface area contributed by atoms with Gasteiger partial charge in [-0.25, -0.2) is 4.79 Å². The number of urea groups is 1. The second-order valence-corrected chi connectivity index (χ2v) is 3.73. The summed E-state index contributed by atoms with van der Waals surface area (Å²) in [7, 11) is 0. The van der Waals surface area contributed by atoms with Crippen molar-refractivity contribution in [3.05, 3.63) is 52.5 Å². The fourth-order valence-corrected chi connectivity index (χ4v) is 1.83. The van der Waals surface area contributed by atoms with Crippen LogP contribution >= 0.6 is 0 Å². The number of allylic oxidation sites excluding steroid dienone is 1. The van der Waals surface area contributed by atoms with Crippen molar-refractivity contribution in [2.75, 3.05) is 0 Å². The zero-order valence-corrected chi connectivity index (χ0v) is 9.18. The van der Waals surface area contributed by atoms with E-state index in [0.29, 0.717) is 5.70 Å². The lowest BCUT2D eigenvalue weighted by Gasteiger charge is -2.36. The van der Waals surface area contributed by atoms with E-state index in [2.05, 4.69) is 10.6 Å². The Kier molecular flexibility index (Phi) is 2.99. The molecule has 17 heavy (non-hydrogen) atoms. The summed E-state index contributed by atoms with van der Waals surface area (Å²) >= 11 is 0. The van der Waals surface area contributed by atoms with Crippen molar-refractivity contribution >= 4 is 6.03 Å². The van der Waals surface area contributed by atoms with Gasteiger partial charge in [0.1, 0.15) is 0 Å². The van der Waals surface area contributed by atoms with Crippen LogP contribution in [0.5, 0.6) is 0 Å². The van der Waals surface area contributed by atoms with Crippen LogP contribution in [0.2, 0.25) is 0 Å². The molecule has 6 heteroatoms. The molecule has 0 spiro atoms. The van der Waals surface area contributed by atoms with Gasteiger partial charge in [0.15, 0.2) is 0 Å². The molecule has 90 valence electrons. The number of hydrogen-bond acceptors (Lipinski definition) is 4. The normalized spacial score (nSPS) is 19.7. The lowest BCUT2D eigenvalue weighted by molar-refractivity contribution is -0.0139. The maximum absolute atomic E-state index is 11.4. The highest BCUT2D eigenvalue weighted by molar-refractivity contribution is 5.78. The van der Waals surface area contributed by atoms with Crippen molar-refractivity contribution in [3.8, 4) is 0 Å². The molecule has 1 aromatic rings. The summed E-state index contributed by atoms with van der Waals surface area (Å²) in [5, 5.41) is 25.0. The zero-order chi connectivity index (χ0) is 12.4. The molecule has 0 unspecified atom stereocenters. The Morgan fingerprint density at radius 1 is 1.35 bits per heavy atom. The van der Waals surface area contributed by atoms with E-state index < -0.39 is 12.1 Å². The van der Waals surface area contributed by atoms with Crippen molar-refractivity contribution < 1.29 is 10.0 Å². The lowest BCUT2D eigenvalue weighted by Crippen LogP contribution is -2.46. The smallest absolute Gasteiger partial charge is 0.319 e. The number of amides is 2. The first-order valence-electron chi connectivity index (χ1n) is 5.09. The Bertz CT molecular complexity index is 456. The van der Waals surface area contributed by atoms with Gasteiger partial charge in [0.05, 0.1) is 11.7 Å². The lowest BCUT2D eigenvalue weighted by atomic mass is 10.0. The molecule has 0 aromatic heterocycles. The standard InChI is InChI=1S/C11H12N3O3/c1-7-10(14(16)17)9(13-11(15)12-7)8-5-3-2-4-6-8/h2-6,9,16H,1H3,(H2,12,13,15)/q-1/t9-/m0/s1. The van der Waals surface area contributed by atoms with Gasteiger partial charge in [-0.05, 0) is 12.5 Å². The summed E-state index contributed by atoms with van der Waals surface area (Å²) < 4.78 is 0. The summed E-state index contributed by atoms with van der Waals surface area (Å²) in [6, 6.07) is 7.91.